The minimum Gasteiger partial charge on any atom is -0.300 e. The van der Waals surface area contributed by atoms with E-state index in [4.69, 9.17) is 0 Å². The van der Waals surface area contributed by atoms with Crippen molar-refractivity contribution in [1.82, 2.24) is 10.2 Å². The number of hydrogen-bond donors (Lipinski definition) is 1. The van der Waals surface area contributed by atoms with Crippen molar-refractivity contribution in [2.24, 2.45) is 5.92 Å². The van der Waals surface area contributed by atoms with Gasteiger partial charge in [0, 0.05) is 5.92 Å². The summed E-state index contributed by atoms with van der Waals surface area (Å²) in [5.74, 6) is 0.919. The van der Waals surface area contributed by atoms with Crippen molar-refractivity contribution < 1.29 is 4.79 Å². The van der Waals surface area contributed by atoms with Crippen molar-refractivity contribution in [2.75, 3.05) is 11.1 Å². The third-order valence-electron chi connectivity index (χ3n) is 1.43. The molecule has 6 heteroatoms. The first-order valence-corrected chi connectivity index (χ1v) is 6.20. The molecule has 0 aliphatic carbocycles. The number of carbonyl (C=O) groups is 1. The van der Waals surface area contributed by atoms with E-state index in [1.165, 1.54) is 11.3 Å². The maximum atomic E-state index is 11.3. The molecule has 1 aromatic rings. The van der Waals surface area contributed by atoms with Crippen LogP contribution in [0, 0.1) is 5.92 Å². The molecule has 0 spiro atoms. The molecule has 1 N–H and O–H groups in total. The Morgan fingerprint density at radius 3 is 2.86 bits per heavy atom. The molecule has 14 heavy (non-hydrogen) atoms. The van der Waals surface area contributed by atoms with Crippen LogP contribution in [0.15, 0.2) is 4.34 Å². The summed E-state index contributed by atoms with van der Waals surface area (Å²) in [4.78, 5) is 11.3. The number of nitrogens with zero attached hydrogens (tertiary/aromatic N) is 2. The molecule has 0 atom stereocenters. The number of thioether (sulfide) groups is 1. The van der Waals surface area contributed by atoms with Gasteiger partial charge in [0.05, 0.1) is 0 Å². The maximum Gasteiger partial charge on any atom is 0.228 e. The molecule has 1 heterocycles. The molecule has 0 aliphatic rings. The fourth-order valence-corrected chi connectivity index (χ4v) is 2.34. The Morgan fingerprint density at radius 1 is 1.57 bits per heavy atom. The SMILES string of the molecule is CCSc1nnc(NC(=O)C(C)C)s1. The molecule has 0 aromatic carbocycles. The summed E-state index contributed by atoms with van der Waals surface area (Å²) in [7, 11) is 0. The Bertz CT molecular complexity index is 311. The minimum atomic E-state index is -0.0267. The van der Waals surface area contributed by atoms with Crippen LogP contribution in [0.4, 0.5) is 5.13 Å². The van der Waals surface area contributed by atoms with E-state index in [9.17, 15) is 4.79 Å². The number of rotatable bonds is 4. The van der Waals surface area contributed by atoms with Crippen LogP contribution in [0.5, 0.6) is 0 Å². The van der Waals surface area contributed by atoms with Crippen LogP contribution in [0.25, 0.3) is 0 Å². The quantitative estimate of drug-likeness (QED) is 0.638. The Hall–Kier alpha value is -0.620. The van der Waals surface area contributed by atoms with Gasteiger partial charge in [-0.2, -0.15) is 0 Å². The zero-order valence-electron chi connectivity index (χ0n) is 8.40. The number of carbonyl (C=O) groups excluding carboxylic acids is 1. The van der Waals surface area contributed by atoms with E-state index < -0.39 is 0 Å². The Morgan fingerprint density at radius 2 is 2.29 bits per heavy atom. The highest BCUT2D eigenvalue weighted by Gasteiger charge is 2.10. The van der Waals surface area contributed by atoms with E-state index in [0.29, 0.717) is 5.13 Å². The first-order valence-electron chi connectivity index (χ1n) is 4.40. The average molecular weight is 231 g/mol. The molecule has 0 unspecified atom stereocenters. The zero-order chi connectivity index (χ0) is 10.6. The highest BCUT2D eigenvalue weighted by atomic mass is 32.2. The van der Waals surface area contributed by atoms with E-state index in [2.05, 4.69) is 22.4 Å². The normalized spacial score (nSPS) is 10.6. The first-order chi connectivity index (χ1) is 6.63. The smallest absolute Gasteiger partial charge is 0.228 e. The monoisotopic (exact) mass is 231 g/mol. The second-order valence-electron chi connectivity index (χ2n) is 2.95. The van der Waals surface area contributed by atoms with Crippen LogP contribution < -0.4 is 5.32 Å². The van der Waals surface area contributed by atoms with E-state index in [1.54, 1.807) is 11.8 Å². The molecule has 78 valence electrons. The van der Waals surface area contributed by atoms with Crippen molar-refractivity contribution in [3.05, 3.63) is 0 Å². The molecule has 1 amide bonds. The van der Waals surface area contributed by atoms with Gasteiger partial charge in [-0.15, -0.1) is 10.2 Å². The third kappa shape index (κ3) is 3.26. The number of amides is 1. The number of hydrogen-bond acceptors (Lipinski definition) is 5. The second kappa shape index (κ2) is 5.31. The first kappa shape index (κ1) is 11.5. The molecule has 0 saturated carbocycles. The highest BCUT2D eigenvalue weighted by molar-refractivity contribution is 8.01. The van der Waals surface area contributed by atoms with Crippen molar-refractivity contribution in [1.29, 1.82) is 0 Å². The summed E-state index contributed by atoms with van der Waals surface area (Å²) in [6.07, 6.45) is 0. The van der Waals surface area contributed by atoms with E-state index in [-0.39, 0.29) is 11.8 Å². The third-order valence-corrected chi connectivity index (χ3v) is 3.28. The summed E-state index contributed by atoms with van der Waals surface area (Å²) in [5, 5.41) is 11.1. The van der Waals surface area contributed by atoms with Crippen molar-refractivity contribution in [3.63, 3.8) is 0 Å². The lowest BCUT2D eigenvalue weighted by Gasteiger charge is -2.02. The van der Waals surface area contributed by atoms with Gasteiger partial charge in [-0.3, -0.25) is 4.79 Å². The maximum absolute atomic E-state index is 11.3. The second-order valence-corrected chi connectivity index (χ2v) is 5.44. The summed E-state index contributed by atoms with van der Waals surface area (Å²) in [6, 6.07) is 0. The van der Waals surface area contributed by atoms with E-state index in [1.807, 2.05) is 13.8 Å². The van der Waals surface area contributed by atoms with Crippen LogP contribution in [0.1, 0.15) is 20.8 Å². The van der Waals surface area contributed by atoms with Crippen molar-refractivity contribution >= 4 is 34.1 Å². The lowest BCUT2D eigenvalue weighted by atomic mass is 10.2. The molecule has 1 rings (SSSR count). The lowest BCUT2D eigenvalue weighted by molar-refractivity contribution is -0.118. The molecule has 0 fully saturated rings. The largest absolute Gasteiger partial charge is 0.300 e. The number of anilines is 1. The summed E-state index contributed by atoms with van der Waals surface area (Å²) in [5.41, 5.74) is 0. The van der Waals surface area contributed by atoms with Gasteiger partial charge in [-0.25, -0.2) is 0 Å². The van der Waals surface area contributed by atoms with Crippen molar-refractivity contribution in [2.45, 2.75) is 25.1 Å². The van der Waals surface area contributed by atoms with Gasteiger partial charge in [0.2, 0.25) is 11.0 Å². The standard InChI is InChI=1S/C8H13N3OS2/c1-4-13-8-11-10-7(14-8)9-6(12)5(2)3/h5H,4H2,1-3H3,(H,9,10,12). The molecule has 0 aliphatic heterocycles. The van der Waals surface area contributed by atoms with Gasteiger partial charge < -0.3 is 5.32 Å². The van der Waals surface area contributed by atoms with E-state index >= 15 is 0 Å². The number of aromatic nitrogens is 2. The van der Waals surface area contributed by atoms with Gasteiger partial charge in [-0.05, 0) is 5.75 Å². The predicted molar refractivity (Wildman–Crippen MR) is 59.8 cm³/mol. The Balaban J connectivity index is 2.55. The highest BCUT2D eigenvalue weighted by Crippen LogP contribution is 2.25. The van der Waals surface area contributed by atoms with Crippen LogP contribution >= 0.6 is 23.1 Å². The van der Waals surface area contributed by atoms with Gasteiger partial charge >= 0.3 is 0 Å². The van der Waals surface area contributed by atoms with Crippen LogP contribution in [-0.4, -0.2) is 21.9 Å². The van der Waals surface area contributed by atoms with Crippen LogP contribution in [-0.2, 0) is 4.79 Å². The molecule has 4 nitrogen and oxygen atoms in total. The Kier molecular flexibility index (Phi) is 4.34. The van der Waals surface area contributed by atoms with Crippen LogP contribution in [0.3, 0.4) is 0 Å². The summed E-state index contributed by atoms with van der Waals surface area (Å²) >= 11 is 3.04. The molecule has 0 bridgehead atoms. The minimum absolute atomic E-state index is 0.0193. The van der Waals surface area contributed by atoms with Crippen molar-refractivity contribution in [3.8, 4) is 0 Å². The van der Waals surface area contributed by atoms with Crippen LogP contribution in [0.2, 0.25) is 0 Å². The predicted octanol–water partition coefficient (Wildman–Crippen LogP) is 2.24. The fraction of sp³-hybridized carbons (Fsp3) is 0.625. The van der Waals surface area contributed by atoms with E-state index in [0.717, 1.165) is 10.1 Å². The van der Waals surface area contributed by atoms with Gasteiger partial charge in [0.1, 0.15) is 0 Å². The molecular formula is C8H13N3OS2. The molecule has 0 saturated heterocycles. The summed E-state index contributed by atoms with van der Waals surface area (Å²) < 4.78 is 0.895. The molecule has 0 radical (unpaired) electrons. The molecule has 1 aromatic heterocycles. The Labute approximate surface area is 91.5 Å². The van der Waals surface area contributed by atoms with Gasteiger partial charge in [-0.1, -0.05) is 43.9 Å². The lowest BCUT2D eigenvalue weighted by Crippen LogP contribution is -2.17. The molecular weight excluding hydrogens is 218 g/mol. The topological polar surface area (TPSA) is 54.9 Å². The van der Waals surface area contributed by atoms with Gasteiger partial charge in [0.15, 0.2) is 4.34 Å². The number of nitrogens with one attached hydrogen (secondary N) is 1. The average Bonchev–Trinajstić information content (AvgIpc) is 2.53. The summed E-state index contributed by atoms with van der Waals surface area (Å²) in [6.45, 7) is 5.74. The fourth-order valence-electron chi connectivity index (χ4n) is 0.692. The van der Waals surface area contributed by atoms with Gasteiger partial charge in [0.25, 0.3) is 0 Å². The zero-order valence-corrected chi connectivity index (χ0v) is 10.0.